The number of carbonyl (C=O) groups excluding carboxylic acids is 1. The van der Waals surface area contributed by atoms with Crippen LogP contribution in [0, 0.1) is 0 Å². The van der Waals surface area contributed by atoms with E-state index >= 15 is 0 Å². The fourth-order valence-corrected chi connectivity index (χ4v) is 4.12. The number of hydrogen-bond acceptors (Lipinski definition) is 5. The van der Waals surface area contributed by atoms with Crippen molar-refractivity contribution in [3.05, 3.63) is 48.5 Å². The molecule has 0 aliphatic carbocycles. The van der Waals surface area contributed by atoms with Crippen LogP contribution in [0.25, 0.3) is 0 Å². The number of amides is 1. The molecule has 0 aliphatic rings. The number of nitrogens with zero attached hydrogens (tertiary/aromatic N) is 1. The second-order valence-electron chi connectivity index (χ2n) is 6.86. The quantitative estimate of drug-likeness (QED) is 0.669. The van der Waals surface area contributed by atoms with Gasteiger partial charge >= 0.3 is 0 Å². The molecule has 0 unspecified atom stereocenters. The summed E-state index contributed by atoms with van der Waals surface area (Å²) in [5.74, 6) is 0.885. The number of hydrogen-bond donors (Lipinski definition) is 1. The molecule has 0 saturated carbocycles. The topological polar surface area (TPSA) is 84.9 Å². The van der Waals surface area contributed by atoms with Gasteiger partial charge in [0, 0.05) is 5.69 Å². The summed E-state index contributed by atoms with van der Waals surface area (Å²) in [7, 11) is -2.16. The van der Waals surface area contributed by atoms with E-state index in [2.05, 4.69) is 5.32 Å². The molecule has 0 spiro atoms. The fraction of sp³-hybridized carbons (Fsp3) is 0.381. The summed E-state index contributed by atoms with van der Waals surface area (Å²) in [4.78, 5) is 12.9. The Balaban J connectivity index is 2.25. The van der Waals surface area contributed by atoms with E-state index in [0.717, 1.165) is 10.6 Å². The summed E-state index contributed by atoms with van der Waals surface area (Å²) in [6, 6.07) is 12.6. The Bertz CT molecular complexity index is 909. The van der Waals surface area contributed by atoms with Gasteiger partial charge < -0.3 is 14.8 Å². The van der Waals surface area contributed by atoms with E-state index < -0.39 is 22.0 Å². The van der Waals surface area contributed by atoms with E-state index in [-0.39, 0.29) is 6.10 Å². The molecular formula is C21H28N2O5S. The van der Waals surface area contributed by atoms with Crippen LogP contribution >= 0.6 is 0 Å². The third-order valence-electron chi connectivity index (χ3n) is 4.15. The first-order valence-corrected chi connectivity index (χ1v) is 11.2. The predicted octanol–water partition coefficient (Wildman–Crippen LogP) is 3.67. The Hall–Kier alpha value is -2.74. The Morgan fingerprint density at radius 1 is 1.03 bits per heavy atom. The molecule has 0 aliphatic heterocycles. The van der Waals surface area contributed by atoms with Gasteiger partial charge in [0.15, 0.2) is 0 Å². The molecule has 2 rings (SSSR count). The van der Waals surface area contributed by atoms with Gasteiger partial charge in [-0.3, -0.25) is 9.10 Å². The van der Waals surface area contributed by atoms with Gasteiger partial charge in [-0.05, 0) is 68.8 Å². The minimum atomic E-state index is -3.69. The number of sulfonamides is 1. The molecule has 0 heterocycles. The van der Waals surface area contributed by atoms with Crippen LogP contribution in [0.3, 0.4) is 0 Å². The van der Waals surface area contributed by atoms with Gasteiger partial charge in [-0.25, -0.2) is 8.42 Å². The van der Waals surface area contributed by atoms with Gasteiger partial charge in [-0.1, -0.05) is 6.92 Å². The highest BCUT2D eigenvalue weighted by Gasteiger charge is 2.31. The highest BCUT2D eigenvalue weighted by molar-refractivity contribution is 7.92. The molecule has 0 bridgehead atoms. The second kappa shape index (κ2) is 9.65. The summed E-state index contributed by atoms with van der Waals surface area (Å²) in [5, 5.41) is 2.79. The third-order valence-corrected chi connectivity index (χ3v) is 5.33. The normalized spacial score (nSPS) is 12.3. The van der Waals surface area contributed by atoms with E-state index in [1.807, 2.05) is 13.8 Å². The van der Waals surface area contributed by atoms with Crippen molar-refractivity contribution in [2.24, 2.45) is 0 Å². The average molecular weight is 421 g/mol. The number of anilines is 2. The van der Waals surface area contributed by atoms with Crippen molar-refractivity contribution in [3.63, 3.8) is 0 Å². The van der Waals surface area contributed by atoms with Crippen LogP contribution in [0.15, 0.2) is 48.5 Å². The molecule has 2 aromatic rings. The summed E-state index contributed by atoms with van der Waals surface area (Å²) >= 11 is 0. The highest BCUT2D eigenvalue weighted by Crippen LogP contribution is 2.26. The van der Waals surface area contributed by atoms with Crippen LogP contribution in [-0.4, -0.2) is 39.8 Å². The largest absolute Gasteiger partial charge is 0.497 e. The lowest BCUT2D eigenvalue weighted by Crippen LogP contribution is -2.46. The first-order chi connectivity index (χ1) is 13.7. The van der Waals surface area contributed by atoms with Gasteiger partial charge in [0.05, 0.1) is 25.2 Å². The number of methoxy groups -OCH3 is 1. The van der Waals surface area contributed by atoms with Gasteiger partial charge in [-0.15, -0.1) is 0 Å². The number of benzene rings is 2. The Kier molecular flexibility index (Phi) is 7.50. The monoisotopic (exact) mass is 420 g/mol. The van der Waals surface area contributed by atoms with E-state index in [1.54, 1.807) is 55.5 Å². The molecule has 1 atom stereocenters. The summed E-state index contributed by atoms with van der Waals surface area (Å²) in [6.07, 6.45) is 1.44. The molecule has 0 radical (unpaired) electrons. The van der Waals surface area contributed by atoms with Crippen LogP contribution in [0.2, 0.25) is 0 Å². The number of nitrogens with one attached hydrogen (secondary N) is 1. The molecule has 8 heteroatoms. The minimum Gasteiger partial charge on any atom is -0.497 e. The van der Waals surface area contributed by atoms with E-state index in [4.69, 9.17) is 9.47 Å². The molecule has 158 valence electrons. The van der Waals surface area contributed by atoms with Crippen LogP contribution < -0.4 is 19.1 Å². The van der Waals surface area contributed by atoms with Gasteiger partial charge in [0.25, 0.3) is 0 Å². The van der Waals surface area contributed by atoms with E-state index in [0.29, 0.717) is 29.3 Å². The third kappa shape index (κ3) is 6.12. The minimum absolute atomic E-state index is 0.0488. The molecule has 1 amide bonds. The number of ether oxygens (including phenoxy) is 2. The fourth-order valence-electron chi connectivity index (χ4n) is 2.90. The molecular weight excluding hydrogens is 392 g/mol. The maximum absolute atomic E-state index is 12.9. The van der Waals surface area contributed by atoms with Crippen molar-refractivity contribution in [1.29, 1.82) is 0 Å². The number of carbonyl (C=O) groups is 1. The first-order valence-electron chi connectivity index (χ1n) is 9.36. The summed E-state index contributed by atoms with van der Waals surface area (Å²) in [5.41, 5.74) is 0.962. The van der Waals surface area contributed by atoms with Crippen molar-refractivity contribution in [3.8, 4) is 11.5 Å². The standard InChI is InChI=1S/C21H28N2O5S/c1-6-20(21(24)22-16-7-11-19(12-8-16)28-15(2)3)23(29(5,25)26)17-9-13-18(27-4)14-10-17/h7-15,20H,6H2,1-5H3,(H,22,24)/t20-/m0/s1. The summed E-state index contributed by atoms with van der Waals surface area (Å²) < 4.78 is 36.8. The zero-order chi connectivity index (χ0) is 21.6. The Morgan fingerprint density at radius 3 is 2.03 bits per heavy atom. The van der Waals surface area contributed by atoms with Crippen molar-refractivity contribution >= 4 is 27.3 Å². The zero-order valence-electron chi connectivity index (χ0n) is 17.4. The average Bonchev–Trinajstić information content (AvgIpc) is 2.66. The molecule has 2 aromatic carbocycles. The molecule has 0 aromatic heterocycles. The molecule has 0 fully saturated rings. The van der Waals surface area contributed by atoms with Crippen LogP contribution in [-0.2, 0) is 14.8 Å². The van der Waals surface area contributed by atoms with Crippen molar-refractivity contribution in [2.75, 3.05) is 23.0 Å². The number of rotatable bonds is 9. The van der Waals surface area contributed by atoms with E-state index in [9.17, 15) is 13.2 Å². The zero-order valence-corrected chi connectivity index (χ0v) is 18.2. The van der Waals surface area contributed by atoms with Crippen LogP contribution in [0.5, 0.6) is 11.5 Å². The Labute approximate surface area is 172 Å². The van der Waals surface area contributed by atoms with Crippen LogP contribution in [0.4, 0.5) is 11.4 Å². The lowest BCUT2D eigenvalue weighted by atomic mass is 10.1. The summed E-state index contributed by atoms with van der Waals surface area (Å²) in [6.45, 7) is 5.63. The van der Waals surface area contributed by atoms with Gasteiger partial charge in [-0.2, -0.15) is 0 Å². The van der Waals surface area contributed by atoms with Gasteiger partial charge in [0.2, 0.25) is 15.9 Å². The molecule has 29 heavy (non-hydrogen) atoms. The van der Waals surface area contributed by atoms with Gasteiger partial charge in [0.1, 0.15) is 17.5 Å². The highest BCUT2D eigenvalue weighted by atomic mass is 32.2. The lowest BCUT2D eigenvalue weighted by Gasteiger charge is -2.30. The second-order valence-corrected chi connectivity index (χ2v) is 8.72. The van der Waals surface area contributed by atoms with Crippen LogP contribution in [0.1, 0.15) is 27.2 Å². The maximum Gasteiger partial charge on any atom is 0.248 e. The van der Waals surface area contributed by atoms with Crippen molar-refractivity contribution < 1.29 is 22.7 Å². The molecule has 0 saturated heterocycles. The smallest absolute Gasteiger partial charge is 0.248 e. The lowest BCUT2D eigenvalue weighted by molar-refractivity contribution is -0.117. The SMILES string of the molecule is CC[C@@H](C(=O)Nc1ccc(OC(C)C)cc1)N(c1ccc(OC)cc1)S(C)(=O)=O. The van der Waals surface area contributed by atoms with Crippen molar-refractivity contribution in [2.45, 2.75) is 39.3 Å². The first kappa shape index (κ1) is 22.5. The van der Waals surface area contributed by atoms with E-state index in [1.165, 1.54) is 7.11 Å². The maximum atomic E-state index is 12.9. The molecule has 1 N–H and O–H groups in total. The molecule has 7 nitrogen and oxygen atoms in total. The predicted molar refractivity (Wildman–Crippen MR) is 115 cm³/mol. The Morgan fingerprint density at radius 2 is 1.59 bits per heavy atom. The van der Waals surface area contributed by atoms with Crippen molar-refractivity contribution in [1.82, 2.24) is 0 Å².